The molecular weight excluding hydrogens is 172 g/mol. The van der Waals surface area contributed by atoms with E-state index in [4.69, 9.17) is 16.9 Å². The van der Waals surface area contributed by atoms with E-state index >= 15 is 0 Å². The summed E-state index contributed by atoms with van der Waals surface area (Å²) >= 11 is 5.72. The monoisotopic (exact) mass is 178 g/mol. The van der Waals surface area contributed by atoms with Crippen LogP contribution in [0.2, 0.25) is 5.02 Å². The second-order valence-corrected chi connectivity index (χ2v) is 3.24. The van der Waals surface area contributed by atoms with Gasteiger partial charge in [-0.25, -0.2) is 0 Å². The molecule has 1 heterocycles. The van der Waals surface area contributed by atoms with E-state index in [1.54, 1.807) is 0 Å². The van der Waals surface area contributed by atoms with E-state index in [0.717, 1.165) is 10.6 Å². The number of halogens is 1. The maximum absolute atomic E-state index is 8.55. The second kappa shape index (κ2) is 2.78. The Hall–Kier alpha value is -1.04. The fourth-order valence-electron chi connectivity index (χ4n) is 1.21. The van der Waals surface area contributed by atoms with E-state index in [9.17, 15) is 0 Å². The highest BCUT2D eigenvalue weighted by molar-refractivity contribution is 6.30. The third-order valence-corrected chi connectivity index (χ3v) is 2.20. The van der Waals surface area contributed by atoms with Gasteiger partial charge in [0.25, 0.3) is 0 Å². The molecule has 0 saturated carbocycles. The highest BCUT2D eigenvalue weighted by atomic mass is 35.5. The molecule has 0 aromatic heterocycles. The van der Waals surface area contributed by atoms with Crippen molar-refractivity contribution in [3.8, 4) is 6.07 Å². The normalized spacial score (nSPS) is 26.3. The van der Waals surface area contributed by atoms with Gasteiger partial charge in [0.05, 0.1) is 12.1 Å². The zero-order valence-corrected chi connectivity index (χ0v) is 7.05. The van der Waals surface area contributed by atoms with Gasteiger partial charge in [-0.05, 0) is 17.7 Å². The number of nitrogens with one attached hydrogen (secondary N) is 1. The van der Waals surface area contributed by atoms with Gasteiger partial charge >= 0.3 is 0 Å². The van der Waals surface area contributed by atoms with Crippen molar-refractivity contribution < 1.29 is 0 Å². The van der Waals surface area contributed by atoms with Gasteiger partial charge in [-0.2, -0.15) is 5.26 Å². The predicted octanol–water partition coefficient (Wildman–Crippen LogP) is 1.88. The lowest BCUT2D eigenvalue weighted by Crippen LogP contribution is -1.83. The first-order valence-corrected chi connectivity index (χ1v) is 4.10. The summed E-state index contributed by atoms with van der Waals surface area (Å²) in [4.78, 5) is 0. The Labute approximate surface area is 75.8 Å². The van der Waals surface area contributed by atoms with Crippen LogP contribution in [0.25, 0.3) is 0 Å². The topological polar surface area (TPSA) is 45.7 Å². The molecule has 0 spiro atoms. The smallest absolute Gasteiger partial charge is 0.116 e. The second-order valence-electron chi connectivity index (χ2n) is 2.80. The van der Waals surface area contributed by atoms with Crippen LogP contribution in [0, 0.1) is 11.3 Å². The Morgan fingerprint density at radius 2 is 2.00 bits per heavy atom. The SMILES string of the molecule is N#C[C@@H]1N[C@H]1c1ccc(Cl)cc1. The Bertz CT molecular complexity index is 325. The maximum atomic E-state index is 8.55. The molecule has 1 aromatic rings. The molecule has 0 bridgehead atoms. The van der Waals surface area contributed by atoms with Gasteiger partial charge < -0.3 is 0 Å². The Kier molecular flexibility index (Phi) is 1.76. The molecule has 12 heavy (non-hydrogen) atoms. The van der Waals surface area contributed by atoms with Crippen molar-refractivity contribution in [3.05, 3.63) is 34.9 Å². The van der Waals surface area contributed by atoms with Crippen LogP contribution in [0.5, 0.6) is 0 Å². The minimum absolute atomic E-state index is 0.00817. The van der Waals surface area contributed by atoms with E-state index in [2.05, 4.69) is 11.4 Å². The summed E-state index contributed by atoms with van der Waals surface area (Å²) in [5, 5.41) is 12.3. The zero-order valence-electron chi connectivity index (χ0n) is 6.29. The quantitative estimate of drug-likeness (QED) is 0.668. The van der Waals surface area contributed by atoms with Crippen LogP contribution < -0.4 is 5.32 Å². The molecular formula is C9H7ClN2. The average Bonchev–Trinajstić information content (AvgIpc) is 2.85. The van der Waals surface area contributed by atoms with Crippen molar-refractivity contribution in [1.82, 2.24) is 5.32 Å². The highest BCUT2D eigenvalue weighted by Gasteiger charge is 2.37. The summed E-state index contributed by atoms with van der Waals surface area (Å²) in [6.07, 6.45) is 0. The first-order valence-electron chi connectivity index (χ1n) is 3.72. The van der Waals surface area contributed by atoms with Gasteiger partial charge in [-0.1, -0.05) is 23.7 Å². The number of rotatable bonds is 1. The molecule has 1 fully saturated rings. The van der Waals surface area contributed by atoms with Gasteiger partial charge in [0.15, 0.2) is 0 Å². The number of hydrogen-bond acceptors (Lipinski definition) is 2. The first-order chi connectivity index (χ1) is 5.81. The van der Waals surface area contributed by atoms with Crippen molar-refractivity contribution in [1.29, 1.82) is 5.26 Å². The molecule has 1 aliphatic rings. The van der Waals surface area contributed by atoms with E-state index < -0.39 is 0 Å². The Balaban J connectivity index is 2.17. The number of benzene rings is 1. The average molecular weight is 179 g/mol. The minimum Gasteiger partial charge on any atom is -0.291 e. The van der Waals surface area contributed by atoms with Gasteiger partial charge in [0.2, 0.25) is 0 Å². The van der Waals surface area contributed by atoms with Crippen LogP contribution in [0.4, 0.5) is 0 Å². The molecule has 0 amide bonds. The summed E-state index contributed by atoms with van der Waals surface area (Å²) in [5.41, 5.74) is 1.13. The lowest BCUT2D eigenvalue weighted by atomic mass is 10.1. The van der Waals surface area contributed by atoms with Crippen LogP contribution in [0.15, 0.2) is 24.3 Å². The molecule has 1 N–H and O–H groups in total. The molecule has 1 saturated heterocycles. The predicted molar refractivity (Wildman–Crippen MR) is 46.7 cm³/mol. The van der Waals surface area contributed by atoms with Crippen molar-refractivity contribution in [2.75, 3.05) is 0 Å². The van der Waals surface area contributed by atoms with Crippen LogP contribution in [-0.2, 0) is 0 Å². The molecule has 3 heteroatoms. The van der Waals surface area contributed by atoms with Crippen LogP contribution in [0.3, 0.4) is 0 Å². The fourth-order valence-corrected chi connectivity index (χ4v) is 1.33. The lowest BCUT2D eigenvalue weighted by Gasteiger charge is -1.94. The summed E-state index contributed by atoms with van der Waals surface area (Å²) in [6, 6.07) is 9.93. The molecule has 60 valence electrons. The van der Waals surface area contributed by atoms with Crippen LogP contribution in [0.1, 0.15) is 11.6 Å². The number of nitrogens with zero attached hydrogens (tertiary/aromatic N) is 1. The first kappa shape index (κ1) is 7.60. The van der Waals surface area contributed by atoms with Gasteiger partial charge in [0.1, 0.15) is 6.04 Å². The van der Waals surface area contributed by atoms with E-state index in [-0.39, 0.29) is 12.1 Å². The molecule has 0 radical (unpaired) electrons. The molecule has 0 unspecified atom stereocenters. The van der Waals surface area contributed by atoms with Crippen molar-refractivity contribution in [2.45, 2.75) is 12.1 Å². The largest absolute Gasteiger partial charge is 0.291 e. The van der Waals surface area contributed by atoms with Crippen molar-refractivity contribution in [2.24, 2.45) is 0 Å². The highest BCUT2D eigenvalue weighted by Crippen LogP contribution is 2.29. The molecule has 1 aromatic carbocycles. The summed E-state index contributed by atoms with van der Waals surface area (Å²) in [5.74, 6) is 0. The zero-order chi connectivity index (χ0) is 8.55. The molecule has 2 rings (SSSR count). The molecule has 0 aliphatic carbocycles. The Morgan fingerprint density at radius 3 is 2.50 bits per heavy atom. The Morgan fingerprint density at radius 1 is 1.33 bits per heavy atom. The molecule has 1 aliphatic heterocycles. The maximum Gasteiger partial charge on any atom is 0.116 e. The van der Waals surface area contributed by atoms with E-state index in [1.165, 1.54) is 0 Å². The van der Waals surface area contributed by atoms with E-state index in [0.29, 0.717) is 0 Å². The fraction of sp³-hybridized carbons (Fsp3) is 0.222. The van der Waals surface area contributed by atoms with Crippen molar-refractivity contribution in [3.63, 3.8) is 0 Å². The number of nitriles is 1. The van der Waals surface area contributed by atoms with Gasteiger partial charge in [0, 0.05) is 5.02 Å². The number of hydrogen-bond donors (Lipinski definition) is 1. The lowest BCUT2D eigenvalue weighted by molar-refractivity contribution is 1.07. The minimum atomic E-state index is -0.00817. The van der Waals surface area contributed by atoms with Crippen LogP contribution >= 0.6 is 11.6 Å². The third-order valence-electron chi connectivity index (χ3n) is 1.95. The third kappa shape index (κ3) is 1.29. The van der Waals surface area contributed by atoms with Crippen molar-refractivity contribution >= 4 is 11.6 Å². The molecule has 2 nitrogen and oxygen atoms in total. The van der Waals surface area contributed by atoms with Gasteiger partial charge in [-0.15, -0.1) is 0 Å². The summed E-state index contributed by atoms with van der Waals surface area (Å²) < 4.78 is 0. The van der Waals surface area contributed by atoms with Crippen LogP contribution in [-0.4, -0.2) is 6.04 Å². The van der Waals surface area contributed by atoms with Gasteiger partial charge in [-0.3, -0.25) is 5.32 Å². The standard InChI is InChI=1S/C9H7ClN2/c10-7-3-1-6(2-4-7)9-8(5-11)12-9/h1-4,8-9,12H/t8-,9-/m0/s1. The summed E-state index contributed by atoms with van der Waals surface area (Å²) in [7, 11) is 0. The van der Waals surface area contributed by atoms with E-state index in [1.807, 2.05) is 24.3 Å². The summed E-state index contributed by atoms with van der Waals surface area (Å²) in [6.45, 7) is 0. The molecule has 2 atom stereocenters.